The average molecular weight is 350 g/mol. The largest absolute Gasteiger partial charge is 0.452 e. The zero-order valence-corrected chi connectivity index (χ0v) is 14.3. The fourth-order valence-electron chi connectivity index (χ4n) is 2.52. The lowest BCUT2D eigenvalue weighted by atomic mass is 10.1. The number of anilines is 1. The van der Waals surface area contributed by atoms with E-state index in [9.17, 15) is 9.59 Å². The highest BCUT2D eigenvalue weighted by molar-refractivity contribution is 6.02. The first-order valence-electron chi connectivity index (χ1n) is 8.06. The fraction of sp³-hybridized carbons (Fsp3) is 0.150. The van der Waals surface area contributed by atoms with Crippen molar-refractivity contribution in [2.75, 3.05) is 19.0 Å². The molecule has 0 radical (unpaired) electrons. The van der Waals surface area contributed by atoms with Crippen LogP contribution >= 0.6 is 0 Å². The van der Waals surface area contributed by atoms with Crippen LogP contribution in [0.2, 0.25) is 0 Å². The third-order valence-electron chi connectivity index (χ3n) is 3.75. The minimum atomic E-state index is -0.552. The monoisotopic (exact) mass is 350 g/mol. The van der Waals surface area contributed by atoms with Crippen molar-refractivity contribution in [2.45, 2.75) is 6.61 Å². The van der Waals surface area contributed by atoms with Crippen molar-refractivity contribution in [3.8, 4) is 0 Å². The molecule has 1 aromatic heterocycles. The van der Waals surface area contributed by atoms with Crippen LogP contribution in [0.5, 0.6) is 0 Å². The van der Waals surface area contributed by atoms with Gasteiger partial charge in [0.1, 0.15) is 0 Å². The topological polar surface area (TPSA) is 77.5 Å². The standard InChI is InChI=1S/C20H18N2O4/c1-25-12-14-7-9-15(10-8-14)20(24)26-13-19(23)22-18-6-2-5-17-16(18)4-3-11-21-17/h2-11H,12-13H2,1H3,(H,22,23). The number of fused-ring (bicyclic) bond motifs is 1. The Hall–Kier alpha value is -3.25. The Morgan fingerprint density at radius 1 is 1.04 bits per heavy atom. The quantitative estimate of drug-likeness (QED) is 0.691. The number of esters is 1. The van der Waals surface area contributed by atoms with E-state index in [2.05, 4.69) is 10.3 Å². The summed E-state index contributed by atoms with van der Waals surface area (Å²) in [4.78, 5) is 28.4. The van der Waals surface area contributed by atoms with Crippen LogP contribution in [0, 0.1) is 0 Å². The first kappa shape index (κ1) is 17.6. The Morgan fingerprint density at radius 2 is 1.85 bits per heavy atom. The van der Waals surface area contributed by atoms with E-state index in [1.165, 1.54) is 0 Å². The Morgan fingerprint density at radius 3 is 2.62 bits per heavy atom. The molecule has 0 bridgehead atoms. The van der Waals surface area contributed by atoms with Gasteiger partial charge in [0.2, 0.25) is 0 Å². The van der Waals surface area contributed by atoms with Gasteiger partial charge in [-0.15, -0.1) is 0 Å². The summed E-state index contributed by atoms with van der Waals surface area (Å²) < 4.78 is 10.1. The summed E-state index contributed by atoms with van der Waals surface area (Å²) in [6.07, 6.45) is 1.69. The minimum absolute atomic E-state index is 0.366. The van der Waals surface area contributed by atoms with Gasteiger partial charge in [-0.2, -0.15) is 0 Å². The van der Waals surface area contributed by atoms with Crippen LogP contribution in [-0.4, -0.2) is 30.6 Å². The summed E-state index contributed by atoms with van der Waals surface area (Å²) in [6.45, 7) is 0.104. The summed E-state index contributed by atoms with van der Waals surface area (Å²) in [6, 6.07) is 16.0. The lowest BCUT2D eigenvalue weighted by Crippen LogP contribution is -2.21. The number of aromatic nitrogens is 1. The predicted octanol–water partition coefficient (Wildman–Crippen LogP) is 3.18. The molecule has 0 spiro atoms. The van der Waals surface area contributed by atoms with Crippen molar-refractivity contribution in [1.29, 1.82) is 0 Å². The molecular weight excluding hydrogens is 332 g/mol. The average Bonchev–Trinajstić information content (AvgIpc) is 2.67. The molecule has 0 aliphatic carbocycles. The number of benzene rings is 2. The van der Waals surface area contributed by atoms with E-state index in [-0.39, 0.29) is 6.61 Å². The highest BCUT2D eigenvalue weighted by Gasteiger charge is 2.11. The summed E-state index contributed by atoms with van der Waals surface area (Å²) in [5, 5.41) is 3.57. The molecule has 1 amide bonds. The van der Waals surface area contributed by atoms with Crippen molar-refractivity contribution in [3.05, 3.63) is 71.9 Å². The number of hydrogen-bond acceptors (Lipinski definition) is 5. The number of amides is 1. The number of hydrogen-bond donors (Lipinski definition) is 1. The number of nitrogens with zero attached hydrogens (tertiary/aromatic N) is 1. The maximum absolute atomic E-state index is 12.1. The van der Waals surface area contributed by atoms with Gasteiger partial charge in [-0.25, -0.2) is 4.79 Å². The second-order valence-corrected chi connectivity index (χ2v) is 5.63. The second kappa shape index (κ2) is 8.22. The molecular formula is C20H18N2O4. The number of carbonyl (C=O) groups is 2. The Kier molecular flexibility index (Phi) is 5.56. The van der Waals surface area contributed by atoms with Gasteiger partial charge >= 0.3 is 5.97 Å². The van der Waals surface area contributed by atoms with E-state index < -0.39 is 11.9 Å². The van der Waals surface area contributed by atoms with Gasteiger partial charge < -0.3 is 14.8 Å². The van der Waals surface area contributed by atoms with E-state index in [0.717, 1.165) is 16.5 Å². The Balaban J connectivity index is 1.59. The second-order valence-electron chi connectivity index (χ2n) is 5.63. The number of rotatable bonds is 6. The van der Waals surface area contributed by atoms with Crippen LogP contribution in [0.1, 0.15) is 15.9 Å². The highest BCUT2D eigenvalue weighted by atomic mass is 16.5. The van der Waals surface area contributed by atoms with E-state index >= 15 is 0 Å². The van der Waals surface area contributed by atoms with Crippen molar-refractivity contribution >= 4 is 28.5 Å². The van der Waals surface area contributed by atoms with Gasteiger partial charge in [0.05, 0.1) is 23.4 Å². The molecule has 2 aromatic carbocycles. The van der Waals surface area contributed by atoms with Crippen LogP contribution in [0.25, 0.3) is 10.9 Å². The van der Waals surface area contributed by atoms with Crippen molar-refractivity contribution in [1.82, 2.24) is 4.98 Å². The predicted molar refractivity (Wildman–Crippen MR) is 97.8 cm³/mol. The zero-order chi connectivity index (χ0) is 18.4. The maximum Gasteiger partial charge on any atom is 0.338 e. The van der Waals surface area contributed by atoms with Crippen LogP contribution < -0.4 is 5.32 Å². The fourth-order valence-corrected chi connectivity index (χ4v) is 2.52. The molecule has 3 aromatic rings. The highest BCUT2D eigenvalue weighted by Crippen LogP contribution is 2.21. The molecule has 3 rings (SSSR count). The Bertz CT molecular complexity index is 917. The van der Waals surface area contributed by atoms with Gasteiger partial charge in [-0.05, 0) is 42.0 Å². The lowest BCUT2D eigenvalue weighted by Gasteiger charge is -2.09. The van der Waals surface area contributed by atoms with Crippen LogP contribution in [0.4, 0.5) is 5.69 Å². The molecule has 6 nitrogen and oxygen atoms in total. The van der Waals surface area contributed by atoms with Gasteiger partial charge in [-0.1, -0.05) is 18.2 Å². The molecule has 6 heteroatoms. The van der Waals surface area contributed by atoms with E-state index in [4.69, 9.17) is 9.47 Å². The molecule has 0 aliphatic rings. The molecule has 0 aliphatic heterocycles. The zero-order valence-electron chi connectivity index (χ0n) is 14.3. The molecule has 1 heterocycles. The lowest BCUT2D eigenvalue weighted by molar-refractivity contribution is -0.119. The van der Waals surface area contributed by atoms with Crippen LogP contribution in [0.15, 0.2) is 60.8 Å². The minimum Gasteiger partial charge on any atom is -0.452 e. The van der Waals surface area contributed by atoms with E-state index in [0.29, 0.717) is 17.9 Å². The van der Waals surface area contributed by atoms with Crippen LogP contribution in [0.3, 0.4) is 0 Å². The number of methoxy groups -OCH3 is 1. The number of carbonyl (C=O) groups excluding carboxylic acids is 2. The van der Waals surface area contributed by atoms with Gasteiger partial charge in [0, 0.05) is 18.7 Å². The van der Waals surface area contributed by atoms with Crippen LogP contribution in [-0.2, 0) is 20.9 Å². The molecule has 26 heavy (non-hydrogen) atoms. The van der Waals surface area contributed by atoms with Crippen molar-refractivity contribution < 1.29 is 19.1 Å². The molecule has 1 N–H and O–H groups in total. The molecule has 0 saturated heterocycles. The van der Waals surface area contributed by atoms with Crippen molar-refractivity contribution in [3.63, 3.8) is 0 Å². The number of pyridine rings is 1. The normalized spacial score (nSPS) is 10.5. The third kappa shape index (κ3) is 4.23. The summed E-state index contributed by atoms with van der Waals surface area (Å²) in [7, 11) is 1.60. The number of nitrogens with one attached hydrogen (secondary N) is 1. The summed E-state index contributed by atoms with van der Waals surface area (Å²) >= 11 is 0. The van der Waals surface area contributed by atoms with Crippen molar-refractivity contribution in [2.24, 2.45) is 0 Å². The van der Waals surface area contributed by atoms with E-state index in [1.54, 1.807) is 55.8 Å². The van der Waals surface area contributed by atoms with Gasteiger partial charge in [-0.3, -0.25) is 9.78 Å². The smallest absolute Gasteiger partial charge is 0.338 e. The summed E-state index contributed by atoms with van der Waals surface area (Å²) in [5.41, 5.74) is 2.73. The molecule has 132 valence electrons. The molecule has 0 fully saturated rings. The molecule has 0 atom stereocenters. The van der Waals surface area contributed by atoms with E-state index in [1.807, 2.05) is 12.1 Å². The molecule has 0 unspecified atom stereocenters. The third-order valence-corrected chi connectivity index (χ3v) is 3.75. The SMILES string of the molecule is COCc1ccc(C(=O)OCC(=O)Nc2cccc3ncccc23)cc1. The first-order valence-corrected chi connectivity index (χ1v) is 8.06. The van der Waals surface area contributed by atoms with Gasteiger partial charge in [0.25, 0.3) is 5.91 Å². The number of ether oxygens (including phenoxy) is 2. The molecule has 0 saturated carbocycles. The Labute approximate surface area is 150 Å². The van der Waals surface area contributed by atoms with Gasteiger partial charge in [0.15, 0.2) is 6.61 Å². The maximum atomic E-state index is 12.1. The first-order chi connectivity index (χ1) is 12.7. The summed E-state index contributed by atoms with van der Waals surface area (Å²) in [5.74, 6) is -0.964.